The zero-order valence-corrected chi connectivity index (χ0v) is 12.0. The van der Waals surface area contributed by atoms with Gasteiger partial charge in [-0.2, -0.15) is 0 Å². The number of aromatic nitrogens is 2. The van der Waals surface area contributed by atoms with Crippen LogP contribution in [0.3, 0.4) is 0 Å². The number of aromatic amines is 1. The zero-order valence-electron chi connectivity index (χ0n) is 12.0. The number of H-pyrrole nitrogens is 1. The van der Waals surface area contributed by atoms with Gasteiger partial charge in [-0.05, 0) is 31.5 Å². The number of amides is 1. The number of imidazole rings is 1. The monoisotopic (exact) mass is 283 g/mol. The molecule has 0 spiro atoms. The van der Waals surface area contributed by atoms with Gasteiger partial charge >= 0.3 is 0 Å². The van der Waals surface area contributed by atoms with Crippen molar-refractivity contribution in [1.82, 2.24) is 15.3 Å². The van der Waals surface area contributed by atoms with E-state index in [1.54, 1.807) is 24.5 Å². The summed E-state index contributed by atoms with van der Waals surface area (Å²) >= 11 is 0. The Labute approximate surface area is 123 Å². The Hall–Kier alpha value is -2.58. The van der Waals surface area contributed by atoms with Crippen LogP contribution in [0.1, 0.15) is 40.3 Å². The van der Waals surface area contributed by atoms with Gasteiger partial charge in [-0.25, -0.2) is 4.98 Å². The second kappa shape index (κ2) is 6.73. The second-order valence-electron chi connectivity index (χ2n) is 4.61. The number of hydrogen-bond donors (Lipinski definition) is 3. The molecule has 108 valence electrons. The fraction of sp³-hybridized carbons (Fsp3) is 0.250. The van der Waals surface area contributed by atoms with Gasteiger partial charge in [0.15, 0.2) is 0 Å². The van der Waals surface area contributed by atoms with Crippen LogP contribution in [-0.2, 0) is 0 Å². The molecule has 2 rings (SSSR count). The molecule has 2 aromatic rings. The summed E-state index contributed by atoms with van der Waals surface area (Å²) in [6.07, 6.45) is 3.36. The van der Waals surface area contributed by atoms with E-state index in [1.165, 1.54) is 0 Å². The molecule has 1 unspecified atom stereocenters. The van der Waals surface area contributed by atoms with E-state index in [-0.39, 0.29) is 18.6 Å². The SMILES string of the molecule is Cc1c(C#CCO)cccc1C(=O)NC(C)c1ncc[nH]1. The second-order valence-corrected chi connectivity index (χ2v) is 4.61. The first-order chi connectivity index (χ1) is 10.1. The van der Waals surface area contributed by atoms with Gasteiger partial charge in [0.05, 0.1) is 6.04 Å². The lowest BCUT2D eigenvalue weighted by Gasteiger charge is -2.13. The lowest BCUT2D eigenvalue weighted by Crippen LogP contribution is -2.28. The van der Waals surface area contributed by atoms with E-state index < -0.39 is 0 Å². The lowest BCUT2D eigenvalue weighted by molar-refractivity contribution is 0.0937. The molecular weight excluding hydrogens is 266 g/mol. The quantitative estimate of drug-likeness (QED) is 0.748. The molecule has 0 aliphatic heterocycles. The summed E-state index contributed by atoms with van der Waals surface area (Å²) in [6, 6.07) is 5.15. The van der Waals surface area contributed by atoms with Crippen molar-refractivity contribution in [2.75, 3.05) is 6.61 Å². The molecule has 21 heavy (non-hydrogen) atoms. The van der Waals surface area contributed by atoms with Crippen LogP contribution in [-0.4, -0.2) is 27.6 Å². The van der Waals surface area contributed by atoms with Gasteiger partial charge in [-0.3, -0.25) is 4.79 Å². The van der Waals surface area contributed by atoms with Gasteiger partial charge in [0, 0.05) is 23.5 Å². The van der Waals surface area contributed by atoms with Crippen LogP contribution in [0.2, 0.25) is 0 Å². The first-order valence-corrected chi connectivity index (χ1v) is 6.63. The maximum atomic E-state index is 12.3. The van der Waals surface area contributed by atoms with E-state index in [4.69, 9.17) is 5.11 Å². The molecule has 1 aromatic carbocycles. The summed E-state index contributed by atoms with van der Waals surface area (Å²) in [5.74, 6) is 5.96. The molecule has 0 aliphatic carbocycles. The van der Waals surface area contributed by atoms with Crippen LogP contribution in [0.4, 0.5) is 0 Å². The molecule has 0 radical (unpaired) electrons. The van der Waals surface area contributed by atoms with E-state index in [1.807, 2.05) is 19.9 Å². The normalized spacial score (nSPS) is 11.4. The van der Waals surface area contributed by atoms with Gasteiger partial charge in [-0.15, -0.1) is 0 Å². The molecule has 1 amide bonds. The van der Waals surface area contributed by atoms with Gasteiger partial charge in [0.25, 0.3) is 5.91 Å². The summed E-state index contributed by atoms with van der Waals surface area (Å²) in [6.45, 7) is 3.50. The average Bonchev–Trinajstić information content (AvgIpc) is 3.00. The third-order valence-electron chi connectivity index (χ3n) is 3.16. The topological polar surface area (TPSA) is 78.0 Å². The first kappa shape index (κ1) is 14.8. The van der Waals surface area contributed by atoms with E-state index in [2.05, 4.69) is 27.1 Å². The molecule has 1 heterocycles. The average molecular weight is 283 g/mol. The summed E-state index contributed by atoms with van der Waals surface area (Å²) < 4.78 is 0. The third kappa shape index (κ3) is 3.50. The number of carbonyl (C=O) groups is 1. The Morgan fingerprint density at radius 2 is 2.33 bits per heavy atom. The van der Waals surface area contributed by atoms with E-state index >= 15 is 0 Å². The van der Waals surface area contributed by atoms with Crippen molar-refractivity contribution >= 4 is 5.91 Å². The smallest absolute Gasteiger partial charge is 0.252 e. The van der Waals surface area contributed by atoms with Gasteiger partial charge < -0.3 is 15.4 Å². The fourth-order valence-corrected chi connectivity index (χ4v) is 2.01. The Morgan fingerprint density at radius 3 is 3.00 bits per heavy atom. The number of nitrogens with zero attached hydrogens (tertiary/aromatic N) is 1. The highest BCUT2D eigenvalue weighted by molar-refractivity contribution is 5.96. The number of aliphatic hydroxyl groups excluding tert-OH is 1. The number of hydrogen-bond acceptors (Lipinski definition) is 3. The number of nitrogens with one attached hydrogen (secondary N) is 2. The fourth-order valence-electron chi connectivity index (χ4n) is 2.01. The Morgan fingerprint density at radius 1 is 1.52 bits per heavy atom. The predicted octanol–water partition coefficient (Wildman–Crippen LogP) is 1.55. The van der Waals surface area contributed by atoms with Crippen LogP contribution in [0.25, 0.3) is 0 Å². The molecule has 5 nitrogen and oxygen atoms in total. The van der Waals surface area contributed by atoms with Crippen LogP contribution in [0.5, 0.6) is 0 Å². The van der Waals surface area contributed by atoms with E-state index in [0.29, 0.717) is 11.4 Å². The Kier molecular flexibility index (Phi) is 4.75. The molecule has 1 aromatic heterocycles. The van der Waals surface area contributed by atoms with Crippen LogP contribution < -0.4 is 5.32 Å². The number of benzene rings is 1. The van der Waals surface area contributed by atoms with Gasteiger partial charge in [0.2, 0.25) is 0 Å². The van der Waals surface area contributed by atoms with Crippen molar-refractivity contribution < 1.29 is 9.90 Å². The van der Waals surface area contributed by atoms with Gasteiger partial charge in [-0.1, -0.05) is 17.9 Å². The first-order valence-electron chi connectivity index (χ1n) is 6.63. The van der Waals surface area contributed by atoms with Crippen molar-refractivity contribution in [3.63, 3.8) is 0 Å². The summed E-state index contributed by atoms with van der Waals surface area (Å²) in [5.41, 5.74) is 2.10. The maximum Gasteiger partial charge on any atom is 0.252 e. The van der Waals surface area contributed by atoms with Gasteiger partial charge in [0.1, 0.15) is 12.4 Å². The molecule has 0 bridgehead atoms. The highest BCUT2D eigenvalue weighted by Crippen LogP contribution is 2.14. The summed E-state index contributed by atoms with van der Waals surface area (Å²) in [5, 5.41) is 11.7. The summed E-state index contributed by atoms with van der Waals surface area (Å²) in [4.78, 5) is 19.4. The number of aliphatic hydroxyl groups is 1. The van der Waals surface area contributed by atoms with Crippen molar-refractivity contribution in [2.45, 2.75) is 19.9 Å². The van der Waals surface area contributed by atoms with Crippen molar-refractivity contribution in [2.24, 2.45) is 0 Å². The summed E-state index contributed by atoms with van der Waals surface area (Å²) in [7, 11) is 0. The number of rotatable bonds is 3. The highest BCUT2D eigenvalue weighted by atomic mass is 16.2. The minimum Gasteiger partial charge on any atom is -0.384 e. The Bertz CT molecular complexity index is 681. The predicted molar refractivity (Wildman–Crippen MR) is 79.6 cm³/mol. The molecule has 0 saturated carbocycles. The molecule has 0 fully saturated rings. The highest BCUT2D eigenvalue weighted by Gasteiger charge is 2.15. The van der Waals surface area contributed by atoms with Crippen molar-refractivity contribution in [3.8, 4) is 11.8 Å². The maximum absolute atomic E-state index is 12.3. The van der Waals surface area contributed by atoms with Crippen LogP contribution in [0.15, 0.2) is 30.6 Å². The van der Waals surface area contributed by atoms with E-state index in [9.17, 15) is 4.79 Å². The minimum atomic E-state index is -0.209. The molecule has 0 saturated heterocycles. The number of carbonyl (C=O) groups excluding carboxylic acids is 1. The lowest BCUT2D eigenvalue weighted by atomic mass is 10.0. The molecule has 1 atom stereocenters. The molecular formula is C16H17N3O2. The van der Waals surface area contributed by atoms with Crippen molar-refractivity contribution in [3.05, 3.63) is 53.1 Å². The Balaban J connectivity index is 2.19. The van der Waals surface area contributed by atoms with E-state index in [0.717, 1.165) is 11.1 Å². The zero-order chi connectivity index (χ0) is 15.2. The third-order valence-corrected chi connectivity index (χ3v) is 3.16. The standard InChI is InChI=1S/C16H17N3O2/c1-11-13(6-4-10-20)5-3-7-14(11)16(21)19-12(2)15-17-8-9-18-15/h3,5,7-9,12,20H,10H2,1-2H3,(H,17,18)(H,19,21). The molecule has 3 N–H and O–H groups in total. The van der Waals surface area contributed by atoms with Crippen LogP contribution in [0, 0.1) is 18.8 Å². The minimum absolute atomic E-state index is 0.177. The molecule has 5 heteroatoms. The van der Waals surface area contributed by atoms with Crippen molar-refractivity contribution in [1.29, 1.82) is 0 Å². The van der Waals surface area contributed by atoms with Crippen LogP contribution >= 0.6 is 0 Å². The largest absolute Gasteiger partial charge is 0.384 e. The molecule has 0 aliphatic rings.